The number of benzene rings is 2. The summed E-state index contributed by atoms with van der Waals surface area (Å²) in [5, 5.41) is 3.87. The lowest BCUT2D eigenvalue weighted by atomic mass is 10.0. The number of nitrogens with one attached hydrogen (secondary N) is 2. The second-order valence-corrected chi connectivity index (χ2v) is 6.40. The molecule has 0 bridgehead atoms. The summed E-state index contributed by atoms with van der Waals surface area (Å²) in [6, 6.07) is 15.6. The number of aromatic amines is 1. The molecule has 0 saturated heterocycles. The lowest BCUT2D eigenvalue weighted by Crippen LogP contribution is -2.25. The second kappa shape index (κ2) is 7.83. The van der Waals surface area contributed by atoms with E-state index in [1.165, 1.54) is 6.08 Å². The number of carbonyl (C=O) groups excluding carboxylic acids is 1. The predicted octanol–water partition coefficient (Wildman–Crippen LogP) is 3.52. The van der Waals surface area contributed by atoms with Gasteiger partial charge in [-0.1, -0.05) is 42.5 Å². The first kappa shape index (κ1) is 17.7. The lowest BCUT2D eigenvalue weighted by molar-refractivity contribution is -0.116. The van der Waals surface area contributed by atoms with Crippen molar-refractivity contribution >= 4 is 22.9 Å². The van der Waals surface area contributed by atoms with Gasteiger partial charge in [-0.25, -0.2) is 0 Å². The smallest absolute Gasteiger partial charge is 0.251 e. The fourth-order valence-electron chi connectivity index (χ4n) is 2.92. The van der Waals surface area contributed by atoms with Crippen molar-refractivity contribution in [3.8, 4) is 0 Å². The summed E-state index contributed by atoms with van der Waals surface area (Å²) in [4.78, 5) is 27.2. The molecule has 0 unspecified atom stereocenters. The van der Waals surface area contributed by atoms with E-state index < -0.39 is 0 Å². The van der Waals surface area contributed by atoms with Gasteiger partial charge >= 0.3 is 0 Å². The number of hydrogen-bond acceptors (Lipinski definition) is 2. The van der Waals surface area contributed by atoms with Crippen LogP contribution in [0.25, 0.3) is 17.0 Å². The van der Waals surface area contributed by atoms with Crippen LogP contribution < -0.4 is 10.9 Å². The van der Waals surface area contributed by atoms with Crippen LogP contribution in [0, 0.1) is 13.8 Å². The molecule has 0 atom stereocenters. The first-order chi connectivity index (χ1) is 12.5. The van der Waals surface area contributed by atoms with Crippen molar-refractivity contribution in [3.05, 3.63) is 87.2 Å². The Hall–Kier alpha value is -3.14. The van der Waals surface area contributed by atoms with Crippen LogP contribution in [0.1, 0.15) is 22.3 Å². The Morgan fingerprint density at radius 1 is 1.08 bits per heavy atom. The molecule has 1 amide bonds. The molecule has 3 aromatic rings. The number of hydrogen-bond donors (Lipinski definition) is 2. The molecule has 0 fully saturated rings. The molecule has 0 spiro atoms. The van der Waals surface area contributed by atoms with Crippen LogP contribution in [0.5, 0.6) is 0 Å². The van der Waals surface area contributed by atoms with Gasteiger partial charge in [-0.2, -0.15) is 0 Å². The van der Waals surface area contributed by atoms with Gasteiger partial charge in [-0.3, -0.25) is 9.59 Å². The Morgan fingerprint density at radius 2 is 1.81 bits per heavy atom. The van der Waals surface area contributed by atoms with Crippen molar-refractivity contribution in [3.63, 3.8) is 0 Å². The van der Waals surface area contributed by atoms with E-state index in [1.54, 1.807) is 6.08 Å². The second-order valence-electron chi connectivity index (χ2n) is 6.40. The molecule has 0 saturated carbocycles. The minimum absolute atomic E-state index is 0.0970. The van der Waals surface area contributed by atoms with Crippen molar-refractivity contribution < 1.29 is 4.79 Å². The highest BCUT2D eigenvalue weighted by Gasteiger charge is 2.07. The minimum atomic E-state index is -0.168. The lowest BCUT2D eigenvalue weighted by Gasteiger charge is -2.08. The maximum absolute atomic E-state index is 12.3. The first-order valence-electron chi connectivity index (χ1n) is 8.67. The normalized spacial score (nSPS) is 11.2. The van der Waals surface area contributed by atoms with Crippen LogP contribution in [0.15, 0.2) is 59.4 Å². The van der Waals surface area contributed by atoms with Crippen LogP contribution in [0.3, 0.4) is 0 Å². The van der Waals surface area contributed by atoms with Gasteiger partial charge in [0.15, 0.2) is 0 Å². The highest BCUT2D eigenvalue weighted by molar-refractivity contribution is 5.91. The summed E-state index contributed by atoms with van der Waals surface area (Å²) in [6.45, 7) is 4.42. The molecule has 132 valence electrons. The molecule has 4 nitrogen and oxygen atoms in total. The van der Waals surface area contributed by atoms with Gasteiger partial charge in [0.2, 0.25) is 5.91 Å². The van der Waals surface area contributed by atoms with E-state index in [-0.39, 0.29) is 11.5 Å². The van der Waals surface area contributed by atoms with Crippen LogP contribution >= 0.6 is 0 Å². The van der Waals surface area contributed by atoms with Crippen molar-refractivity contribution in [2.75, 3.05) is 6.54 Å². The highest BCUT2D eigenvalue weighted by atomic mass is 16.1. The third kappa shape index (κ3) is 4.09. The van der Waals surface area contributed by atoms with E-state index in [2.05, 4.69) is 16.4 Å². The average molecular weight is 346 g/mol. The Labute approximate surface area is 152 Å². The third-order valence-electron chi connectivity index (χ3n) is 4.44. The molecule has 3 rings (SSSR count). The maximum Gasteiger partial charge on any atom is 0.251 e. The Bertz CT molecular complexity index is 1020. The van der Waals surface area contributed by atoms with E-state index in [1.807, 2.05) is 56.3 Å². The largest absolute Gasteiger partial charge is 0.352 e. The van der Waals surface area contributed by atoms with E-state index in [9.17, 15) is 9.59 Å². The van der Waals surface area contributed by atoms with Gasteiger partial charge in [0, 0.05) is 23.6 Å². The SMILES string of the molecule is Cc1ccc(C)c2[nH]c(=O)c(CCNC(=O)C=Cc3ccccc3)cc12. The number of H-pyrrole nitrogens is 1. The minimum Gasteiger partial charge on any atom is -0.352 e. The number of aryl methyl sites for hydroxylation is 2. The first-order valence-corrected chi connectivity index (χ1v) is 8.67. The summed E-state index contributed by atoms with van der Waals surface area (Å²) in [6.07, 6.45) is 3.77. The molecular weight excluding hydrogens is 324 g/mol. The summed E-state index contributed by atoms with van der Waals surface area (Å²) in [5.74, 6) is -0.168. The van der Waals surface area contributed by atoms with Crippen molar-refractivity contribution in [1.29, 1.82) is 0 Å². The van der Waals surface area contributed by atoms with Gasteiger partial charge in [0.25, 0.3) is 5.56 Å². The summed E-state index contributed by atoms with van der Waals surface area (Å²) in [5.41, 5.74) is 4.61. The number of fused-ring (bicyclic) bond motifs is 1. The van der Waals surface area contributed by atoms with E-state index in [0.717, 1.165) is 27.6 Å². The Balaban J connectivity index is 1.65. The zero-order valence-corrected chi connectivity index (χ0v) is 15.0. The fourth-order valence-corrected chi connectivity index (χ4v) is 2.92. The zero-order chi connectivity index (χ0) is 18.5. The molecule has 2 aromatic carbocycles. The molecule has 1 aromatic heterocycles. The number of rotatable bonds is 5. The van der Waals surface area contributed by atoms with Crippen LogP contribution in [0.2, 0.25) is 0 Å². The average Bonchev–Trinajstić information content (AvgIpc) is 2.65. The number of pyridine rings is 1. The molecule has 0 radical (unpaired) electrons. The summed E-state index contributed by atoms with van der Waals surface area (Å²) in [7, 11) is 0. The molecule has 4 heteroatoms. The molecule has 2 N–H and O–H groups in total. The van der Waals surface area contributed by atoms with E-state index >= 15 is 0 Å². The van der Waals surface area contributed by atoms with Crippen LogP contribution in [-0.2, 0) is 11.2 Å². The van der Waals surface area contributed by atoms with Gasteiger partial charge < -0.3 is 10.3 Å². The standard InChI is InChI=1S/C22H22N2O2/c1-15-8-9-16(2)21-19(15)14-18(22(26)24-21)12-13-23-20(25)11-10-17-6-4-3-5-7-17/h3-11,14H,12-13H2,1-2H3,(H,23,25)(H,24,26). The third-order valence-corrected chi connectivity index (χ3v) is 4.44. The monoisotopic (exact) mass is 346 g/mol. The predicted molar refractivity (Wildman–Crippen MR) is 106 cm³/mol. The van der Waals surface area contributed by atoms with Gasteiger partial charge in [0.1, 0.15) is 0 Å². The maximum atomic E-state index is 12.3. The van der Waals surface area contributed by atoms with Crippen LogP contribution in [-0.4, -0.2) is 17.4 Å². The molecule has 0 aliphatic carbocycles. The Kier molecular flexibility index (Phi) is 5.32. The molecular formula is C22H22N2O2. The van der Waals surface area contributed by atoms with E-state index in [4.69, 9.17) is 0 Å². The van der Waals surface area contributed by atoms with Crippen molar-refractivity contribution in [2.45, 2.75) is 20.3 Å². The zero-order valence-electron chi connectivity index (χ0n) is 15.0. The molecule has 26 heavy (non-hydrogen) atoms. The fraction of sp³-hybridized carbons (Fsp3) is 0.182. The summed E-state index contributed by atoms with van der Waals surface area (Å²) < 4.78 is 0. The number of carbonyl (C=O) groups is 1. The van der Waals surface area contributed by atoms with Gasteiger partial charge in [-0.05, 0) is 49.1 Å². The number of amides is 1. The number of aromatic nitrogens is 1. The van der Waals surface area contributed by atoms with E-state index in [0.29, 0.717) is 18.5 Å². The Morgan fingerprint density at radius 3 is 2.58 bits per heavy atom. The quantitative estimate of drug-likeness (QED) is 0.695. The topological polar surface area (TPSA) is 62.0 Å². The molecule has 0 aliphatic rings. The summed E-state index contributed by atoms with van der Waals surface area (Å²) >= 11 is 0. The van der Waals surface area contributed by atoms with Crippen LogP contribution in [0.4, 0.5) is 0 Å². The van der Waals surface area contributed by atoms with Crippen molar-refractivity contribution in [1.82, 2.24) is 10.3 Å². The van der Waals surface area contributed by atoms with Crippen molar-refractivity contribution in [2.24, 2.45) is 0 Å². The van der Waals surface area contributed by atoms with Gasteiger partial charge in [-0.15, -0.1) is 0 Å². The highest BCUT2D eigenvalue weighted by Crippen LogP contribution is 2.19. The van der Waals surface area contributed by atoms with Gasteiger partial charge in [0.05, 0.1) is 5.52 Å². The molecule has 1 heterocycles. The molecule has 0 aliphatic heterocycles.